The first-order chi connectivity index (χ1) is 9.11. The van der Waals surface area contributed by atoms with E-state index in [1.54, 1.807) is 9.80 Å². The summed E-state index contributed by atoms with van der Waals surface area (Å²) >= 11 is 0. The SMILES string of the molecule is O=CN1CCN(C(=O)CCC2C(=O)NNC2=O)CC1. The van der Waals surface area contributed by atoms with E-state index in [0.717, 1.165) is 6.41 Å². The number of carbonyl (C=O) groups is 4. The van der Waals surface area contributed by atoms with E-state index in [0.29, 0.717) is 26.2 Å². The first kappa shape index (κ1) is 13.3. The second kappa shape index (κ2) is 5.68. The molecule has 0 bridgehead atoms. The molecule has 0 radical (unpaired) electrons. The summed E-state index contributed by atoms with van der Waals surface area (Å²) in [5, 5.41) is 0. The summed E-state index contributed by atoms with van der Waals surface area (Å²) in [6.07, 6.45) is 1.14. The molecule has 0 aliphatic carbocycles. The Morgan fingerprint density at radius 2 is 1.74 bits per heavy atom. The van der Waals surface area contributed by atoms with Gasteiger partial charge in [0.25, 0.3) is 11.8 Å². The standard InChI is InChI=1S/C11H16N4O4/c16-7-14-3-5-15(6-4-14)9(17)2-1-8-10(18)12-13-11(8)19/h7-8H,1-6H2,(H,12,18)(H,13,19). The Labute approximate surface area is 110 Å². The van der Waals surface area contributed by atoms with Gasteiger partial charge in [0, 0.05) is 32.6 Å². The molecule has 8 heteroatoms. The molecular formula is C11H16N4O4. The van der Waals surface area contributed by atoms with Gasteiger partial charge >= 0.3 is 0 Å². The van der Waals surface area contributed by atoms with Crippen LogP contribution in [0.25, 0.3) is 0 Å². The van der Waals surface area contributed by atoms with E-state index in [4.69, 9.17) is 0 Å². The van der Waals surface area contributed by atoms with Crippen LogP contribution < -0.4 is 10.9 Å². The van der Waals surface area contributed by atoms with Crippen LogP contribution in [0, 0.1) is 5.92 Å². The maximum Gasteiger partial charge on any atom is 0.251 e. The maximum absolute atomic E-state index is 11.9. The Bertz CT molecular complexity index is 387. The molecule has 8 nitrogen and oxygen atoms in total. The summed E-state index contributed by atoms with van der Waals surface area (Å²) in [5.41, 5.74) is 4.45. The molecule has 0 atom stereocenters. The minimum absolute atomic E-state index is 0.0851. The zero-order valence-corrected chi connectivity index (χ0v) is 10.4. The highest BCUT2D eigenvalue weighted by atomic mass is 16.2. The van der Waals surface area contributed by atoms with Crippen LogP contribution in [-0.2, 0) is 19.2 Å². The van der Waals surface area contributed by atoms with Gasteiger partial charge in [-0.15, -0.1) is 0 Å². The second-order valence-corrected chi connectivity index (χ2v) is 4.59. The van der Waals surface area contributed by atoms with E-state index in [1.165, 1.54) is 0 Å². The molecule has 0 aromatic carbocycles. The first-order valence-corrected chi connectivity index (χ1v) is 6.18. The van der Waals surface area contributed by atoms with E-state index < -0.39 is 5.92 Å². The number of amides is 4. The molecule has 2 aliphatic rings. The fraction of sp³-hybridized carbons (Fsp3) is 0.636. The predicted molar refractivity (Wildman–Crippen MR) is 63.2 cm³/mol. The van der Waals surface area contributed by atoms with Gasteiger partial charge in [-0.1, -0.05) is 0 Å². The lowest BCUT2D eigenvalue weighted by molar-refractivity contribution is -0.136. The smallest absolute Gasteiger partial charge is 0.251 e. The van der Waals surface area contributed by atoms with Gasteiger partial charge in [-0.25, -0.2) is 0 Å². The molecule has 104 valence electrons. The van der Waals surface area contributed by atoms with Crippen molar-refractivity contribution in [3.63, 3.8) is 0 Å². The summed E-state index contributed by atoms with van der Waals surface area (Å²) in [6, 6.07) is 0. The Balaban J connectivity index is 1.77. The lowest BCUT2D eigenvalue weighted by Gasteiger charge is -2.32. The molecule has 2 N–H and O–H groups in total. The van der Waals surface area contributed by atoms with Crippen molar-refractivity contribution in [1.82, 2.24) is 20.7 Å². The highest BCUT2D eigenvalue weighted by Crippen LogP contribution is 2.12. The molecule has 0 spiro atoms. The largest absolute Gasteiger partial charge is 0.342 e. The highest BCUT2D eigenvalue weighted by Gasteiger charge is 2.33. The van der Waals surface area contributed by atoms with Gasteiger partial charge in [-0.2, -0.15) is 0 Å². The average molecular weight is 268 g/mol. The van der Waals surface area contributed by atoms with Crippen molar-refractivity contribution in [3.05, 3.63) is 0 Å². The Morgan fingerprint density at radius 3 is 2.26 bits per heavy atom. The molecule has 2 rings (SSSR count). The van der Waals surface area contributed by atoms with Gasteiger partial charge < -0.3 is 9.80 Å². The van der Waals surface area contributed by atoms with Gasteiger partial charge in [0.05, 0.1) is 0 Å². The molecule has 2 fully saturated rings. The maximum atomic E-state index is 11.9. The van der Waals surface area contributed by atoms with Crippen LogP contribution in [-0.4, -0.2) is 60.1 Å². The van der Waals surface area contributed by atoms with Crippen LogP contribution in [0.1, 0.15) is 12.8 Å². The zero-order chi connectivity index (χ0) is 13.8. The summed E-state index contributed by atoms with van der Waals surface area (Å²) < 4.78 is 0. The molecule has 0 aromatic heterocycles. The molecular weight excluding hydrogens is 252 g/mol. The summed E-state index contributed by atoms with van der Waals surface area (Å²) in [5.74, 6) is -1.63. The van der Waals surface area contributed by atoms with E-state index in [9.17, 15) is 19.2 Å². The normalized spacial score (nSPS) is 20.2. The minimum atomic E-state index is -0.778. The first-order valence-electron chi connectivity index (χ1n) is 6.18. The van der Waals surface area contributed by atoms with Crippen LogP contribution in [0.4, 0.5) is 0 Å². The fourth-order valence-corrected chi connectivity index (χ4v) is 2.18. The van der Waals surface area contributed by atoms with Gasteiger partial charge in [0.2, 0.25) is 12.3 Å². The monoisotopic (exact) mass is 268 g/mol. The topological polar surface area (TPSA) is 98.8 Å². The lowest BCUT2D eigenvalue weighted by atomic mass is 10.0. The van der Waals surface area contributed by atoms with Gasteiger partial charge in [0.1, 0.15) is 5.92 Å². The van der Waals surface area contributed by atoms with Gasteiger partial charge in [0.15, 0.2) is 0 Å². The summed E-state index contributed by atoms with van der Waals surface area (Å²) in [4.78, 5) is 48.3. The molecule has 2 saturated heterocycles. The molecule has 4 amide bonds. The molecule has 2 aliphatic heterocycles. The fourth-order valence-electron chi connectivity index (χ4n) is 2.18. The van der Waals surface area contributed by atoms with Crippen molar-refractivity contribution in [3.8, 4) is 0 Å². The van der Waals surface area contributed by atoms with E-state index in [-0.39, 0.29) is 30.6 Å². The van der Waals surface area contributed by atoms with Crippen molar-refractivity contribution < 1.29 is 19.2 Å². The van der Waals surface area contributed by atoms with E-state index >= 15 is 0 Å². The van der Waals surface area contributed by atoms with E-state index in [1.807, 2.05) is 0 Å². The number of hydrogen-bond donors (Lipinski definition) is 2. The minimum Gasteiger partial charge on any atom is -0.342 e. The predicted octanol–water partition coefficient (Wildman–Crippen LogP) is -2.16. The van der Waals surface area contributed by atoms with Crippen molar-refractivity contribution in [1.29, 1.82) is 0 Å². The Hall–Kier alpha value is -2.12. The number of nitrogens with zero attached hydrogens (tertiary/aromatic N) is 2. The van der Waals surface area contributed by atoms with Crippen molar-refractivity contribution >= 4 is 24.1 Å². The van der Waals surface area contributed by atoms with Crippen LogP contribution in [0.3, 0.4) is 0 Å². The van der Waals surface area contributed by atoms with Crippen LogP contribution in [0.2, 0.25) is 0 Å². The number of rotatable bonds is 4. The van der Waals surface area contributed by atoms with E-state index in [2.05, 4.69) is 10.9 Å². The average Bonchev–Trinajstić information content (AvgIpc) is 2.75. The van der Waals surface area contributed by atoms with Gasteiger partial charge in [-0.3, -0.25) is 30.0 Å². The van der Waals surface area contributed by atoms with Crippen LogP contribution >= 0.6 is 0 Å². The highest BCUT2D eigenvalue weighted by molar-refractivity contribution is 6.05. The Morgan fingerprint density at radius 1 is 1.16 bits per heavy atom. The molecule has 0 aromatic rings. The molecule has 0 unspecified atom stereocenters. The Kier molecular flexibility index (Phi) is 3.98. The van der Waals surface area contributed by atoms with Gasteiger partial charge in [-0.05, 0) is 6.42 Å². The third kappa shape index (κ3) is 3.01. The van der Waals surface area contributed by atoms with Crippen molar-refractivity contribution in [2.75, 3.05) is 26.2 Å². The summed E-state index contributed by atoms with van der Waals surface area (Å²) in [6.45, 7) is 2.06. The third-order valence-electron chi connectivity index (χ3n) is 3.40. The number of nitrogens with one attached hydrogen (secondary N) is 2. The molecule has 0 saturated carbocycles. The van der Waals surface area contributed by atoms with Crippen LogP contribution in [0.5, 0.6) is 0 Å². The number of piperazine rings is 1. The lowest BCUT2D eigenvalue weighted by Crippen LogP contribution is -2.48. The van der Waals surface area contributed by atoms with Crippen molar-refractivity contribution in [2.24, 2.45) is 5.92 Å². The molecule has 19 heavy (non-hydrogen) atoms. The number of hydrazine groups is 1. The number of hydrogen-bond acceptors (Lipinski definition) is 4. The third-order valence-corrected chi connectivity index (χ3v) is 3.40. The summed E-state index contributed by atoms with van der Waals surface area (Å²) in [7, 11) is 0. The van der Waals surface area contributed by atoms with Crippen LogP contribution in [0.15, 0.2) is 0 Å². The number of carbonyl (C=O) groups excluding carboxylic acids is 4. The second-order valence-electron chi connectivity index (χ2n) is 4.59. The molecule has 2 heterocycles. The van der Waals surface area contributed by atoms with Crippen molar-refractivity contribution in [2.45, 2.75) is 12.8 Å². The zero-order valence-electron chi connectivity index (χ0n) is 10.4. The quantitative estimate of drug-likeness (QED) is 0.448.